The number of ether oxygens (including phenoxy) is 2. The highest BCUT2D eigenvalue weighted by atomic mass is 79.9. The topological polar surface area (TPSA) is 52.8 Å². The van der Waals surface area contributed by atoms with Gasteiger partial charge < -0.3 is 9.47 Å². The van der Waals surface area contributed by atoms with Crippen LogP contribution in [0.5, 0.6) is 11.5 Å². The van der Waals surface area contributed by atoms with Crippen molar-refractivity contribution < 1.29 is 9.47 Å². The quantitative estimate of drug-likeness (QED) is 0.318. The van der Waals surface area contributed by atoms with Gasteiger partial charge >= 0.3 is 0 Å². The van der Waals surface area contributed by atoms with Gasteiger partial charge in [-0.3, -0.25) is 9.36 Å². The van der Waals surface area contributed by atoms with E-state index < -0.39 is 0 Å². The molecule has 0 radical (unpaired) electrons. The van der Waals surface area contributed by atoms with Crippen LogP contribution in [0.25, 0.3) is 11.8 Å². The molecule has 0 fully saturated rings. The summed E-state index contributed by atoms with van der Waals surface area (Å²) in [6.45, 7) is 0.193. The Morgan fingerprint density at radius 2 is 1.83 bits per heavy atom. The molecule has 1 atom stereocenters. The molecule has 0 amide bonds. The molecule has 8 heteroatoms. The van der Waals surface area contributed by atoms with Crippen molar-refractivity contribution in [3.05, 3.63) is 118 Å². The fourth-order valence-electron chi connectivity index (χ4n) is 5.18. The normalized spacial score (nSPS) is 17.9. The number of allylic oxidation sites excluding steroid dienone is 1. The number of rotatable bonds is 2. The zero-order valence-corrected chi connectivity index (χ0v) is 22.0. The van der Waals surface area contributed by atoms with Gasteiger partial charge in [0.25, 0.3) is 5.56 Å². The number of benzene rings is 3. The largest absolute Gasteiger partial charge is 0.454 e. The Labute approximate surface area is 223 Å². The summed E-state index contributed by atoms with van der Waals surface area (Å²) in [5.41, 5.74) is 6.17. The van der Waals surface area contributed by atoms with E-state index in [0.717, 1.165) is 45.3 Å². The highest BCUT2D eigenvalue weighted by Crippen LogP contribution is 2.43. The van der Waals surface area contributed by atoms with Gasteiger partial charge in [0, 0.05) is 15.1 Å². The number of halogens is 2. The molecule has 0 spiro atoms. The van der Waals surface area contributed by atoms with Crippen LogP contribution < -0.4 is 24.4 Å². The van der Waals surface area contributed by atoms with Gasteiger partial charge in [-0.15, -0.1) is 0 Å². The second-order valence-electron chi connectivity index (χ2n) is 8.86. The van der Waals surface area contributed by atoms with Crippen molar-refractivity contribution in [2.24, 2.45) is 4.99 Å². The Morgan fingerprint density at radius 3 is 2.69 bits per heavy atom. The maximum atomic E-state index is 13.9. The Morgan fingerprint density at radius 1 is 1.06 bits per heavy atom. The maximum absolute atomic E-state index is 13.9. The van der Waals surface area contributed by atoms with Crippen molar-refractivity contribution in [2.75, 3.05) is 6.79 Å². The number of fused-ring (bicyclic) bond motifs is 4. The Hall–Kier alpha value is -3.13. The van der Waals surface area contributed by atoms with Crippen molar-refractivity contribution in [2.45, 2.75) is 18.9 Å². The van der Waals surface area contributed by atoms with Crippen LogP contribution in [0, 0.1) is 0 Å². The molecular formula is C28H18BrClN2O3S. The molecule has 2 aliphatic heterocycles. The van der Waals surface area contributed by atoms with Crippen LogP contribution in [-0.2, 0) is 6.42 Å². The van der Waals surface area contributed by atoms with E-state index in [4.69, 9.17) is 26.1 Å². The van der Waals surface area contributed by atoms with Crippen LogP contribution in [0.15, 0.2) is 80.5 Å². The smallest absolute Gasteiger partial charge is 0.271 e. The van der Waals surface area contributed by atoms with Gasteiger partial charge in [0.2, 0.25) is 6.79 Å². The monoisotopic (exact) mass is 576 g/mol. The predicted molar refractivity (Wildman–Crippen MR) is 144 cm³/mol. The van der Waals surface area contributed by atoms with E-state index in [0.29, 0.717) is 25.9 Å². The average molecular weight is 578 g/mol. The number of hydrogen-bond donors (Lipinski definition) is 0. The first-order valence-corrected chi connectivity index (χ1v) is 13.5. The van der Waals surface area contributed by atoms with E-state index in [1.807, 2.05) is 53.1 Å². The van der Waals surface area contributed by atoms with Crippen molar-refractivity contribution in [3.63, 3.8) is 0 Å². The lowest BCUT2D eigenvalue weighted by Gasteiger charge is -2.31. The van der Waals surface area contributed by atoms with Crippen LogP contribution in [0.1, 0.15) is 34.7 Å². The van der Waals surface area contributed by atoms with Crippen molar-refractivity contribution >= 4 is 50.6 Å². The zero-order valence-electron chi connectivity index (χ0n) is 18.8. The minimum atomic E-state index is -0.305. The fourth-order valence-corrected chi connectivity index (χ4v) is 6.85. The lowest BCUT2D eigenvalue weighted by atomic mass is 9.83. The van der Waals surface area contributed by atoms with Gasteiger partial charge in [-0.1, -0.05) is 81.3 Å². The lowest BCUT2D eigenvalue weighted by molar-refractivity contribution is 0.174. The zero-order chi connectivity index (χ0) is 24.4. The second-order valence-corrected chi connectivity index (χ2v) is 11.1. The minimum Gasteiger partial charge on any atom is -0.454 e. The standard InChI is InChI=1S/C28H18BrClN2O3S/c29-20-13-23-22(34-14-35-23)11-16(20)12-24-27(33)32-26(18-7-3-4-8-21(18)30)19-10-9-15-5-1-2-6-17(15)25(19)31-28(32)36-24/h1-8,11-13,26H,9-10,14H2/b24-12-/t26-/m0/s1. The fraction of sp³-hybridized carbons (Fsp3) is 0.143. The number of aromatic nitrogens is 1. The third-order valence-corrected chi connectivity index (χ3v) is 8.87. The van der Waals surface area contributed by atoms with Crippen LogP contribution in [0.3, 0.4) is 0 Å². The summed E-state index contributed by atoms with van der Waals surface area (Å²) in [5, 5.41) is 0.642. The Kier molecular flexibility index (Phi) is 5.20. The van der Waals surface area contributed by atoms with Crippen LogP contribution in [0.2, 0.25) is 5.02 Å². The summed E-state index contributed by atoms with van der Waals surface area (Å²) in [7, 11) is 0. The molecule has 0 unspecified atom stereocenters. The van der Waals surface area contributed by atoms with Gasteiger partial charge in [0.05, 0.1) is 16.3 Å². The van der Waals surface area contributed by atoms with Gasteiger partial charge in [-0.25, -0.2) is 4.99 Å². The number of thiazole rings is 1. The first kappa shape index (κ1) is 22.1. The van der Waals surface area contributed by atoms with Crippen molar-refractivity contribution in [1.29, 1.82) is 0 Å². The van der Waals surface area contributed by atoms with Gasteiger partial charge in [0.1, 0.15) is 0 Å². The van der Waals surface area contributed by atoms with Crippen LogP contribution in [0.4, 0.5) is 0 Å². The summed E-state index contributed by atoms with van der Waals surface area (Å²) < 4.78 is 14.2. The summed E-state index contributed by atoms with van der Waals surface area (Å²) >= 11 is 11.7. The van der Waals surface area contributed by atoms with E-state index >= 15 is 0 Å². The third kappa shape index (κ3) is 3.41. The number of hydrogen-bond acceptors (Lipinski definition) is 5. The van der Waals surface area contributed by atoms with Crippen LogP contribution in [-0.4, -0.2) is 11.4 Å². The number of nitrogens with zero attached hydrogens (tertiary/aromatic N) is 2. The van der Waals surface area contributed by atoms with E-state index in [1.165, 1.54) is 16.9 Å². The van der Waals surface area contributed by atoms with Gasteiger partial charge in [-0.05, 0) is 59.4 Å². The molecule has 0 N–H and O–H groups in total. The molecule has 5 nitrogen and oxygen atoms in total. The molecule has 0 saturated heterocycles. The Balaban J connectivity index is 1.49. The first-order valence-electron chi connectivity index (χ1n) is 11.5. The van der Waals surface area contributed by atoms with Gasteiger partial charge in [0.15, 0.2) is 16.3 Å². The predicted octanol–water partition coefficient (Wildman–Crippen LogP) is 5.46. The molecule has 3 aliphatic rings. The van der Waals surface area contributed by atoms with Crippen molar-refractivity contribution in [1.82, 2.24) is 4.57 Å². The lowest BCUT2D eigenvalue weighted by Crippen LogP contribution is -2.38. The minimum absolute atomic E-state index is 0.0846. The molecule has 7 rings (SSSR count). The second kappa shape index (κ2) is 8.47. The molecule has 178 valence electrons. The van der Waals surface area contributed by atoms with Gasteiger partial charge in [-0.2, -0.15) is 0 Å². The highest BCUT2D eigenvalue weighted by Gasteiger charge is 2.33. The molecule has 4 aromatic rings. The Bertz CT molecular complexity index is 1790. The van der Waals surface area contributed by atoms with E-state index in [9.17, 15) is 4.79 Å². The average Bonchev–Trinajstić information content (AvgIpc) is 3.47. The molecule has 3 heterocycles. The molecule has 1 aromatic heterocycles. The summed E-state index contributed by atoms with van der Waals surface area (Å²) in [5.74, 6) is 1.35. The van der Waals surface area contributed by atoms with E-state index in [-0.39, 0.29) is 18.4 Å². The summed E-state index contributed by atoms with van der Waals surface area (Å²) in [6.07, 6.45) is 3.61. The van der Waals surface area contributed by atoms with Crippen LogP contribution >= 0.6 is 38.9 Å². The first-order chi connectivity index (χ1) is 17.6. The maximum Gasteiger partial charge on any atom is 0.271 e. The van der Waals surface area contributed by atoms with E-state index in [1.54, 1.807) is 0 Å². The summed E-state index contributed by atoms with van der Waals surface area (Å²) in [6, 6.07) is 19.6. The molecule has 36 heavy (non-hydrogen) atoms. The summed E-state index contributed by atoms with van der Waals surface area (Å²) in [4.78, 5) is 19.7. The molecule has 1 aliphatic carbocycles. The van der Waals surface area contributed by atoms with E-state index in [2.05, 4.69) is 34.1 Å². The molecule has 0 bridgehead atoms. The molecule has 3 aromatic carbocycles. The highest BCUT2D eigenvalue weighted by molar-refractivity contribution is 9.10. The third-order valence-electron chi connectivity index (χ3n) is 6.85. The molecular weight excluding hydrogens is 560 g/mol. The number of aryl methyl sites for hydroxylation is 1. The van der Waals surface area contributed by atoms with Crippen molar-refractivity contribution in [3.8, 4) is 11.5 Å². The molecule has 0 saturated carbocycles. The SMILES string of the molecule is O=c1/c(=C/c2cc3c(cc2Br)OCO3)sc2n1[C@@H](c1ccccc1Cl)C1=C(N=2)c2ccccc2CC1.